The summed E-state index contributed by atoms with van der Waals surface area (Å²) in [6.45, 7) is 2.40. The molecule has 1 N–H and O–H groups in total. The normalized spacial score (nSPS) is 12.5. The number of ether oxygens (including phenoxy) is 2. The Kier molecular flexibility index (Phi) is 5.41. The SMILES string of the molecule is CCOc1ccc(N2C(=O)c3ccc(C(=O)Nc4cccc(OC)c4)cc3C2=O)cc1. The molecule has 0 spiro atoms. The predicted octanol–water partition coefficient (Wildman–Crippen LogP) is 4.15. The number of imide groups is 1. The van der Waals surface area contributed by atoms with Crippen molar-refractivity contribution in [2.45, 2.75) is 6.92 Å². The van der Waals surface area contributed by atoms with Crippen LogP contribution in [0.5, 0.6) is 11.5 Å². The van der Waals surface area contributed by atoms with Gasteiger partial charge in [-0.15, -0.1) is 0 Å². The fourth-order valence-electron chi connectivity index (χ4n) is 3.38. The smallest absolute Gasteiger partial charge is 0.266 e. The third-order valence-electron chi connectivity index (χ3n) is 4.88. The minimum Gasteiger partial charge on any atom is -0.497 e. The lowest BCUT2D eigenvalue weighted by molar-refractivity contribution is 0.0925. The molecule has 1 aliphatic rings. The van der Waals surface area contributed by atoms with Gasteiger partial charge in [-0.1, -0.05) is 6.07 Å². The molecular formula is C24H20N2O5. The Balaban J connectivity index is 1.58. The number of rotatable bonds is 6. The van der Waals surface area contributed by atoms with Crippen molar-refractivity contribution >= 4 is 29.1 Å². The molecule has 7 nitrogen and oxygen atoms in total. The van der Waals surface area contributed by atoms with Crippen molar-refractivity contribution < 1.29 is 23.9 Å². The highest BCUT2D eigenvalue weighted by Gasteiger charge is 2.37. The maximum Gasteiger partial charge on any atom is 0.266 e. The van der Waals surface area contributed by atoms with Crippen molar-refractivity contribution in [3.63, 3.8) is 0 Å². The van der Waals surface area contributed by atoms with Crippen LogP contribution in [0, 0.1) is 0 Å². The lowest BCUT2D eigenvalue weighted by Crippen LogP contribution is -2.29. The van der Waals surface area contributed by atoms with Crippen LogP contribution >= 0.6 is 0 Å². The quantitative estimate of drug-likeness (QED) is 0.611. The number of fused-ring (bicyclic) bond motifs is 1. The molecule has 0 aliphatic carbocycles. The fraction of sp³-hybridized carbons (Fsp3) is 0.125. The van der Waals surface area contributed by atoms with Gasteiger partial charge in [-0.25, -0.2) is 4.90 Å². The standard InChI is InChI=1S/C24H20N2O5/c1-3-31-18-10-8-17(9-11-18)26-23(28)20-12-7-15(13-21(20)24(26)29)22(27)25-16-5-4-6-19(14-16)30-2/h4-14H,3H2,1-2H3,(H,25,27). The van der Waals surface area contributed by atoms with Gasteiger partial charge in [-0.2, -0.15) is 0 Å². The van der Waals surface area contributed by atoms with E-state index in [-0.39, 0.29) is 16.7 Å². The van der Waals surface area contributed by atoms with Gasteiger partial charge in [0.15, 0.2) is 0 Å². The number of nitrogens with zero attached hydrogens (tertiary/aromatic N) is 1. The Morgan fingerprint density at radius 2 is 1.65 bits per heavy atom. The number of amides is 3. The van der Waals surface area contributed by atoms with E-state index >= 15 is 0 Å². The van der Waals surface area contributed by atoms with Gasteiger partial charge in [-0.05, 0) is 61.5 Å². The van der Waals surface area contributed by atoms with Crippen LogP contribution < -0.4 is 19.7 Å². The molecule has 0 unspecified atom stereocenters. The Bertz CT molecular complexity index is 1170. The van der Waals surface area contributed by atoms with Crippen molar-refractivity contribution in [1.82, 2.24) is 0 Å². The Morgan fingerprint density at radius 1 is 0.903 bits per heavy atom. The lowest BCUT2D eigenvalue weighted by atomic mass is 10.1. The summed E-state index contributed by atoms with van der Waals surface area (Å²) >= 11 is 0. The zero-order valence-corrected chi connectivity index (χ0v) is 17.0. The van der Waals surface area contributed by atoms with E-state index in [0.29, 0.717) is 29.5 Å². The van der Waals surface area contributed by atoms with E-state index in [1.165, 1.54) is 18.2 Å². The molecule has 0 atom stereocenters. The van der Waals surface area contributed by atoms with Gasteiger partial charge in [0.25, 0.3) is 17.7 Å². The second kappa shape index (κ2) is 8.31. The van der Waals surface area contributed by atoms with Gasteiger partial charge >= 0.3 is 0 Å². The van der Waals surface area contributed by atoms with E-state index < -0.39 is 17.7 Å². The summed E-state index contributed by atoms with van der Waals surface area (Å²) in [6, 6.07) is 18.1. The van der Waals surface area contributed by atoms with Gasteiger partial charge in [-0.3, -0.25) is 14.4 Å². The van der Waals surface area contributed by atoms with Crippen molar-refractivity contribution in [2.75, 3.05) is 23.9 Å². The molecule has 0 saturated carbocycles. The third kappa shape index (κ3) is 3.85. The van der Waals surface area contributed by atoms with Crippen molar-refractivity contribution in [2.24, 2.45) is 0 Å². The molecular weight excluding hydrogens is 396 g/mol. The molecule has 4 rings (SSSR count). The van der Waals surface area contributed by atoms with E-state index in [1.807, 2.05) is 6.92 Å². The van der Waals surface area contributed by atoms with Crippen LogP contribution in [-0.4, -0.2) is 31.4 Å². The Labute approximate surface area is 179 Å². The number of hydrogen-bond donors (Lipinski definition) is 1. The molecule has 0 fully saturated rings. The number of nitrogens with one attached hydrogen (secondary N) is 1. The monoisotopic (exact) mass is 416 g/mol. The van der Waals surface area contributed by atoms with Gasteiger partial charge < -0.3 is 14.8 Å². The van der Waals surface area contributed by atoms with Crippen LogP contribution in [0.25, 0.3) is 0 Å². The molecule has 156 valence electrons. The summed E-state index contributed by atoms with van der Waals surface area (Å²) in [5.41, 5.74) is 1.73. The fourth-order valence-corrected chi connectivity index (χ4v) is 3.38. The topological polar surface area (TPSA) is 84.9 Å². The highest BCUT2D eigenvalue weighted by atomic mass is 16.5. The molecule has 1 aliphatic heterocycles. The Morgan fingerprint density at radius 3 is 2.35 bits per heavy atom. The number of carbonyl (C=O) groups is 3. The number of anilines is 2. The van der Waals surface area contributed by atoms with Crippen molar-refractivity contribution in [3.05, 3.63) is 83.4 Å². The number of benzene rings is 3. The molecule has 0 radical (unpaired) electrons. The summed E-state index contributed by atoms with van der Waals surface area (Å²) in [4.78, 5) is 39.6. The molecule has 7 heteroatoms. The molecule has 31 heavy (non-hydrogen) atoms. The first kappa shape index (κ1) is 20.2. The summed E-state index contributed by atoms with van der Waals surface area (Å²) < 4.78 is 10.6. The van der Waals surface area contributed by atoms with E-state index in [1.54, 1.807) is 55.6 Å². The third-order valence-corrected chi connectivity index (χ3v) is 4.88. The lowest BCUT2D eigenvalue weighted by Gasteiger charge is -2.14. The minimum atomic E-state index is -0.472. The first-order valence-corrected chi connectivity index (χ1v) is 9.73. The van der Waals surface area contributed by atoms with Crippen LogP contribution in [0.15, 0.2) is 66.7 Å². The molecule has 1 heterocycles. The van der Waals surface area contributed by atoms with Crippen LogP contribution in [0.1, 0.15) is 38.0 Å². The zero-order chi connectivity index (χ0) is 22.0. The van der Waals surface area contributed by atoms with E-state index in [2.05, 4.69) is 5.32 Å². The summed E-state index contributed by atoms with van der Waals surface area (Å²) in [5, 5.41) is 2.77. The maximum absolute atomic E-state index is 13.0. The molecule has 0 bridgehead atoms. The number of hydrogen-bond acceptors (Lipinski definition) is 5. The summed E-state index contributed by atoms with van der Waals surface area (Å²) in [7, 11) is 1.54. The van der Waals surface area contributed by atoms with Gasteiger partial charge in [0.1, 0.15) is 11.5 Å². The average Bonchev–Trinajstić information content (AvgIpc) is 3.04. The molecule has 0 saturated heterocycles. The Hall–Kier alpha value is -4.13. The first-order valence-electron chi connectivity index (χ1n) is 9.73. The number of carbonyl (C=O) groups excluding carboxylic acids is 3. The van der Waals surface area contributed by atoms with Crippen LogP contribution in [0.2, 0.25) is 0 Å². The molecule has 0 aromatic heterocycles. The summed E-state index contributed by atoms with van der Waals surface area (Å²) in [5.74, 6) is -0.0298. The van der Waals surface area contributed by atoms with Crippen LogP contribution in [-0.2, 0) is 0 Å². The molecule has 3 aromatic rings. The van der Waals surface area contributed by atoms with Gasteiger partial charge in [0.2, 0.25) is 0 Å². The largest absolute Gasteiger partial charge is 0.497 e. The van der Waals surface area contributed by atoms with E-state index in [9.17, 15) is 14.4 Å². The van der Waals surface area contributed by atoms with Gasteiger partial charge in [0, 0.05) is 17.3 Å². The first-order chi connectivity index (χ1) is 15.0. The van der Waals surface area contributed by atoms with Crippen molar-refractivity contribution in [3.8, 4) is 11.5 Å². The summed E-state index contributed by atoms with van der Waals surface area (Å²) in [6.07, 6.45) is 0. The second-order valence-corrected chi connectivity index (χ2v) is 6.82. The van der Waals surface area contributed by atoms with Crippen LogP contribution in [0.4, 0.5) is 11.4 Å². The molecule has 3 aromatic carbocycles. The maximum atomic E-state index is 13.0. The predicted molar refractivity (Wildman–Crippen MR) is 116 cm³/mol. The average molecular weight is 416 g/mol. The second-order valence-electron chi connectivity index (χ2n) is 6.82. The van der Waals surface area contributed by atoms with E-state index in [0.717, 1.165) is 4.90 Å². The van der Waals surface area contributed by atoms with Crippen molar-refractivity contribution in [1.29, 1.82) is 0 Å². The minimum absolute atomic E-state index is 0.192. The van der Waals surface area contributed by atoms with E-state index in [4.69, 9.17) is 9.47 Å². The van der Waals surface area contributed by atoms with Crippen LogP contribution in [0.3, 0.4) is 0 Å². The highest BCUT2D eigenvalue weighted by Crippen LogP contribution is 2.30. The number of methoxy groups -OCH3 is 1. The molecule has 3 amide bonds. The van der Waals surface area contributed by atoms with Gasteiger partial charge in [0.05, 0.1) is 30.5 Å². The zero-order valence-electron chi connectivity index (χ0n) is 17.0. The highest BCUT2D eigenvalue weighted by molar-refractivity contribution is 6.34.